The van der Waals surface area contributed by atoms with Crippen molar-refractivity contribution in [3.63, 3.8) is 0 Å². The molecule has 6 heteroatoms. The molecule has 1 fully saturated rings. The van der Waals surface area contributed by atoms with E-state index in [1.54, 1.807) is 7.11 Å². The Morgan fingerprint density at radius 3 is 2.56 bits per heavy atom. The minimum Gasteiger partial charge on any atom is -0.497 e. The molecule has 0 saturated heterocycles. The van der Waals surface area contributed by atoms with Gasteiger partial charge in [0, 0.05) is 11.6 Å². The van der Waals surface area contributed by atoms with E-state index >= 15 is 0 Å². The Labute approximate surface area is 158 Å². The molecule has 0 radical (unpaired) electrons. The van der Waals surface area contributed by atoms with Gasteiger partial charge in [-0.05, 0) is 56.5 Å². The van der Waals surface area contributed by atoms with Crippen molar-refractivity contribution in [2.45, 2.75) is 39.0 Å². The number of carbonyl (C=O) groups excluding carboxylic acids is 1. The quantitative estimate of drug-likeness (QED) is 0.617. The van der Waals surface area contributed by atoms with Crippen LogP contribution < -0.4 is 4.74 Å². The molecule has 4 rings (SSSR count). The Kier molecular flexibility index (Phi) is 4.56. The maximum atomic E-state index is 12.6. The summed E-state index contributed by atoms with van der Waals surface area (Å²) < 4.78 is 12.4. The summed E-state index contributed by atoms with van der Waals surface area (Å²) in [5.41, 5.74) is 3.97. The van der Waals surface area contributed by atoms with Gasteiger partial charge in [0.1, 0.15) is 5.75 Å². The van der Waals surface area contributed by atoms with Gasteiger partial charge in [0.25, 0.3) is 0 Å². The van der Waals surface area contributed by atoms with E-state index in [1.165, 1.54) is 0 Å². The summed E-state index contributed by atoms with van der Waals surface area (Å²) in [4.78, 5) is 17.5. The van der Waals surface area contributed by atoms with Crippen LogP contribution in [-0.2, 0) is 11.2 Å². The van der Waals surface area contributed by atoms with Gasteiger partial charge in [-0.25, -0.2) is 14.5 Å². The third kappa shape index (κ3) is 3.16. The summed E-state index contributed by atoms with van der Waals surface area (Å²) in [5, 5.41) is 5.68. The number of methoxy groups -OCH3 is 1. The minimum atomic E-state index is -0.309. The molecule has 0 aliphatic heterocycles. The largest absolute Gasteiger partial charge is 0.497 e. The number of hydrogen-bond donors (Lipinski definition) is 0. The maximum Gasteiger partial charge on any atom is 0.339 e. The van der Waals surface area contributed by atoms with Gasteiger partial charge < -0.3 is 9.47 Å². The zero-order chi connectivity index (χ0) is 19.0. The molecule has 0 unspecified atom stereocenters. The summed E-state index contributed by atoms with van der Waals surface area (Å²) in [6.07, 6.45) is 2.91. The average molecular weight is 365 g/mol. The number of rotatable bonds is 6. The van der Waals surface area contributed by atoms with Crippen molar-refractivity contribution in [3.8, 4) is 11.4 Å². The molecule has 1 aliphatic rings. The van der Waals surface area contributed by atoms with Gasteiger partial charge in [0.15, 0.2) is 5.65 Å². The molecule has 0 bridgehead atoms. The number of benzene rings is 1. The van der Waals surface area contributed by atoms with E-state index in [0.717, 1.165) is 47.5 Å². The van der Waals surface area contributed by atoms with Gasteiger partial charge in [-0.2, -0.15) is 5.10 Å². The van der Waals surface area contributed by atoms with Gasteiger partial charge in [0.05, 0.1) is 36.0 Å². The number of nitrogens with zero attached hydrogens (tertiary/aromatic N) is 3. The summed E-state index contributed by atoms with van der Waals surface area (Å²) in [6.45, 7) is 4.19. The van der Waals surface area contributed by atoms with Crippen LogP contribution in [0.2, 0.25) is 0 Å². The SMILES string of the molecule is CCOC(=O)c1cc(CC)nc2c1c(C1CC1)nn2-c1ccc(OC)cc1. The van der Waals surface area contributed by atoms with Crippen LogP contribution in [0.3, 0.4) is 0 Å². The van der Waals surface area contributed by atoms with Crippen LogP contribution in [0, 0.1) is 0 Å². The van der Waals surface area contributed by atoms with E-state index < -0.39 is 0 Å². The van der Waals surface area contributed by atoms with Crippen molar-refractivity contribution in [3.05, 3.63) is 47.3 Å². The smallest absolute Gasteiger partial charge is 0.339 e. The highest BCUT2D eigenvalue weighted by atomic mass is 16.5. The Morgan fingerprint density at radius 1 is 1.22 bits per heavy atom. The Hall–Kier alpha value is -2.89. The van der Waals surface area contributed by atoms with Crippen LogP contribution in [0.4, 0.5) is 0 Å². The lowest BCUT2D eigenvalue weighted by Gasteiger charge is -2.08. The predicted octanol–water partition coefficient (Wildman–Crippen LogP) is 4.05. The number of fused-ring (bicyclic) bond motifs is 1. The van der Waals surface area contributed by atoms with Crippen molar-refractivity contribution in [2.24, 2.45) is 0 Å². The predicted molar refractivity (Wildman–Crippen MR) is 103 cm³/mol. The van der Waals surface area contributed by atoms with Gasteiger partial charge in [0.2, 0.25) is 0 Å². The van der Waals surface area contributed by atoms with Crippen LogP contribution >= 0.6 is 0 Å². The highest BCUT2D eigenvalue weighted by Gasteiger charge is 2.32. The number of hydrogen-bond acceptors (Lipinski definition) is 5. The second-order valence-electron chi connectivity index (χ2n) is 6.70. The average Bonchev–Trinajstić information content (AvgIpc) is 3.48. The number of ether oxygens (including phenoxy) is 2. The first-order valence-electron chi connectivity index (χ1n) is 9.40. The fourth-order valence-corrected chi connectivity index (χ4v) is 3.29. The zero-order valence-electron chi connectivity index (χ0n) is 15.9. The first kappa shape index (κ1) is 17.5. The Morgan fingerprint density at radius 2 is 1.96 bits per heavy atom. The second kappa shape index (κ2) is 7.02. The minimum absolute atomic E-state index is 0.309. The zero-order valence-corrected chi connectivity index (χ0v) is 15.9. The fourth-order valence-electron chi connectivity index (χ4n) is 3.29. The molecule has 0 N–H and O–H groups in total. The van der Waals surface area contributed by atoms with Gasteiger partial charge in [-0.3, -0.25) is 0 Å². The number of carbonyl (C=O) groups is 1. The van der Waals surface area contributed by atoms with Crippen molar-refractivity contribution < 1.29 is 14.3 Å². The molecule has 140 valence electrons. The highest BCUT2D eigenvalue weighted by Crippen LogP contribution is 2.43. The normalized spacial score (nSPS) is 13.7. The molecule has 0 atom stereocenters. The molecule has 0 amide bonds. The van der Waals surface area contributed by atoms with E-state index in [1.807, 2.05) is 48.9 Å². The second-order valence-corrected chi connectivity index (χ2v) is 6.70. The third-order valence-electron chi connectivity index (χ3n) is 4.86. The lowest BCUT2D eigenvalue weighted by Crippen LogP contribution is -2.08. The van der Waals surface area contributed by atoms with E-state index in [9.17, 15) is 4.79 Å². The number of aryl methyl sites for hydroxylation is 1. The van der Waals surface area contributed by atoms with Crippen LogP contribution in [0.15, 0.2) is 30.3 Å². The summed E-state index contributed by atoms with van der Waals surface area (Å²) >= 11 is 0. The maximum absolute atomic E-state index is 12.6. The molecule has 6 nitrogen and oxygen atoms in total. The van der Waals surface area contributed by atoms with E-state index in [-0.39, 0.29) is 5.97 Å². The Bertz CT molecular complexity index is 988. The van der Waals surface area contributed by atoms with Gasteiger partial charge >= 0.3 is 5.97 Å². The number of aromatic nitrogens is 3. The van der Waals surface area contributed by atoms with Crippen molar-refractivity contribution in [1.29, 1.82) is 0 Å². The van der Waals surface area contributed by atoms with E-state index in [4.69, 9.17) is 19.6 Å². The third-order valence-corrected chi connectivity index (χ3v) is 4.86. The van der Waals surface area contributed by atoms with Crippen molar-refractivity contribution in [2.75, 3.05) is 13.7 Å². The van der Waals surface area contributed by atoms with E-state index in [0.29, 0.717) is 23.7 Å². The van der Waals surface area contributed by atoms with Crippen LogP contribution in [0.1, 0.15) is 54.4 Å². The molecule has 3 aromatic rings. The van der Waals surface area contributed by atoms with Gasteiger partial charge in [-0.1, -0.05) is 6.92 Å². The van der Waals surface area contributed by atoms with Crippen LogP contribution in [0.25, 0.3) is 16.7 Å². The molecule has 1 aromatic carbocycles. The topological polar surface area (TPSA) is 66.2 Å². The Balaban J connectivity index is 1.96. The fraction of sp³-hybridized carbons (Fsp3) is 0.381. The first-order chi connectivity index (χ1) is 13.2. The number of pyridine rings is 1. The molecular weight excluding hydrogens is 342 g/mol. The highest BCUT2D eigenvalue weighted by molar-refractivity contribution is 6.04. The molecule has 2 heterocycles. The molecule has 27 heavy (non-hydrogen) atoms. The lowest BCUT2D eigenvalue weighted by atomic mass is 10.1. The molecule has 2 aromatic heterocycles. The molecule has 1 aliphatic carbocycles. The monoisotopic (exact) mass is 365 g/mol. The summed E-state index contributed by atoms with van der Waals surface area (Å²) in [7, 11) is 1.64. The lowest BCUT2D eigenvalue weighted by molar-refractivity contribution is 0.0528. The van der Waals surface area contributed by atoms with Gasteiger partial charge in [-0.15, -0.1) is 0 Å². The standard InChI is InChI=1S/C21H23N3O3/c1-4-14-12-17(21(25)27-5-2)18-19(13-6-7-13)23-24(20(18)22-14)15-8-10-16(26-3)11-9-15/h8-13H,4-7H2,1-3H3. The number of esters is 1. The van der Waals surface area contributed by atoms with Crippen LogP contribution in [0.5, 0.6) is 5.75 Å². The van der Waals surface area contributed by atoms with Crippen molar-refractivity contribution in [1.82, 2.24) is 14.8 Å². The summed E-state index contributed by atoms with van der Waals surface area (Å²) in [5.74, 6) is 0.859. The van der Waals surface area contributed by atoms with E-state index in [2.05, 4.69) is 0 Å². The van der Waals surface area contributed by atoms with Crippen molar-refractivity contribution >= 4 is 17.0 Å². The summed E-state index contributed by atoms with van der Waals surface area (Å²) in [6, 6.07) is 9.55. The van der Waals surface area contributed by atoms with Crippen LogP contribution in [-0.4, -0.2) is 34.5 Å². The first-order valence-corrected chi connectivity index (χ1v) is 9.40. The molecule has 0 spiro atoms. The molecular formula is C21H23N3O3. The molecule has 1 saturated carbocycles.